The molecule has 0 atom stereocenters. The summed E-state index contributed by atoms with van der Waals surface area (Å²) in [5.74, 6) is 1.19. The lowest BCUT2D eigenvalue weighted by Gasteiger charge is -2.11. The van der Waals surface area contributed by atoms with E-state index >= 15 is 0 Å². The summed E-state index contributed by atoms with van der Waals surface area (Å²) < 4.78 is 10.7. The van der Waals surface area contributed by atoms with E-state index in [4.69, 9.17) is 9.47 Å². The molecule has 3 rings (SSSR count). The maximum Gasteiger partial charge on any atom is 0.253 e. The number of ether oxygens (including phenoxy) is 2. The molecule has 0 spiro atoms. The van der Waals surface area contributed by atoms with Gasteiger partial charge in [0.15, 0.2) is 0 Å². The highest BCUT2D eigenvalue weighted by molar-refractivity contribution is 5.95. The van der Waals surface area contributed by atoms with Crippen LogP contribution in [-0.4, -0.2) is 30.1 Å². The third-order valence-electron chi connectivity index (χ3n) is 3.92. The van der Waals surface area contributed by atoms with Crippen molar-refractivity contribution in [2.45, 2.75) is 6.54 Å². The zero-order chi connectivity index (χ0) is 18.4. The quantitative estimate of drug-likeness (QED) is 0.740. The molecule has 0 aliphatic rings. The van der Waals surface area contributed by atoms with Crippen LogP contribution in [0.15, 0.2) is 61.2 Å². The van der Waals surface area contributed by atoms with Gasteiger partial charge in [-0.1, -0.05) is 0 Å². The van der Waals surface area contributed by atoms with Crippen molar-refractivity contribution in [2.75, 3.05) is 14.2 Å². The number of rotatable bonds is 6. The normalized spacial score (nSPS) is 10.2. The second kappa shape index (κ2) is 8.11. The summed E-state index contributed by atoms with van der Waals surface area (Å²) in [6, 6.07) is 11.0. The number of hydrogen-bond donors (Lipinski definition) is 1. The molecular weight excluding hydrogens is 330 g/mol. The zero-order valence-corrected chi connectivity index (χ0v) is 14.6. The molecule has 0 saturated heterocycles. The van der Waals surface area contributed by atoms with Gasteiger partial charge in [0.05, 0.1) is 19.8 Å². The van der Waals surface area contributed by atoms with E-state index < -0.39 is 0 Å². The van der Waals surface area contributed by atoms with E-state index in [2.05, 4.69) is 15.3 Å². The van der Waals surface area contributed by atoms with Crippen LogP contribution in [0.5, 0.6) is 11.5 Å². The number of hydrogen-bond acceptors (Lipinski definition) is 5. The first kappa shape index (κ1) is 17.4. The first-order valence-electron chi connectivity index (χ1n) is 8.06. The molecular formula is C20H19N3O3. The molecule has 6 heteroatoms. The van der Waals surface area contributed by atoms with E-state index in [9.17, 15) is 4.79 Å². The van der Waals surface area contributed by atoms with Gasteiger partial charge in [0.1, 0.15) is 11.5 Å². The number of methoxy groups -OCH3 is 2. The highest BCUT2D eigenvalue weighted by Crippen LogP contribution is 2.33. The topological polar surface area (TPSA) is 73.3 Å². The highest BCUT2D eigenvalue weighted by atomic mass is 16.5. The van der Waals surface area contributed by atoms with Crippen LogP contribution in [0.2, 0.25) is 0 Å². The van der Waals surface area contributed by atoms with E-state index in [0.29, 0.717) is 23.6 Å². The van der Waals surface area contributed by atoms with Gasteiger partial charge >= 0.3 is 0 Å². The molecule has 0 saturated carbocycles. The number of nitrogens with one attached hydrogen (secondary N) is 1. The zero-order valence-electron chi connectivity index (χ0n) is 14.6. The maximum absolute atomic E-state index is 12.5. The first-order chi connectivity index (χ1) is 12.7. The molecule has 0 aliphatic carbocycles. The monoisotopic (exact) mass is 349 g/mol. The Morgan fingerprint density at radius 1 is 1.00 bits per heavy atom. The van der Waals surface area contributed by atoms with Gasteiger partial charge < -0.3 is 14.8 Å². The lowest BCUT2D eigenvalue weighted by atomic mass is 10.0. The van der Waals surface area contributed by atoms with Crippen molar-refractivity contribution < 1.29 is 14.3 Å². The van der Waals surface area contributed by atoms with Crippen molar-refractivity contribution in [3.8, 4) is 22.6 Å². The molecule has 26 heavy (non-hydrogen) atoms. The fraction of sp³-hybridized carbons (Fsp3) is 0.150. The molecule has 0 unspecified atom stereocenters. The second-order valence-electron chi connectivity index (χ2n) is 5.57. The summed E-state index contributed by atoms with van der Waals surface area (Å²) in [7, 11) is 3.21. The van der Waals surface area contributed by atoms with Gasteiger partial charge in [-0.3, -0.25) is 14.8 Å². The summed E-state index contributed by atoms with van der Waals surface area (Å²) >= 11 is 0. The standard InChI is InChI=1S/C20H19N3O3/c1-25-17-3-4-19(26-2)18(10-17)15-9-16(13-22-12-15)20(24)23-11-14-5-7-21-8-6-14/h3-10,12-13H,11H2,1-2H3,(H,23,24). The Morgan fingerprint density at radius 3 is 2.54 bits per heavy atom. The van der Waals surface area contributed by atoms with Crippen molar-refractivity contribution in [1.82, 2.24) is 15.3 Å². The van der Waals surface area contributed by atoms with Crippen LogP contribution in [0.25, 0.3) is 11.1 Å². The van der Waals surface area contributed by atoms with Gasteiger partial charge in [-0.2, -0.15) is 0 Å². The Bertz CT molecular complexity index is 898. The Morgan fingerprint density at radius 2 is 1.81 bits per heavy atom. The van der Waals surface area contributed by atoms with E-state index in [0.717, 1.165) is 16.7 Å². The molecule has 1 amide bonds. The van der Waals surface area contributed by atoms with Gasteiger partial charge in [-0.05, 0) is 42.0 Å². The highest BCUT2D eigenvalue weighted by Gasteiger charge is 2.12. The maximum atomic E-state index is 12.5. The van der Waals surface area contributed by atoms with Crippen LogP contribution >= 0.6 is 0 Å². The molecule has 1 N–H and O–H groups in total. The van der Waals surface area contributed by atoms with Crippen LogP contribution in [-0.2, 0) is 6.54 Å². The number of aromatic nitrogens is 2. The van der Waals surface area contributed by atoms with Gasteiger partial charge in [0.25, 0.3) is 5.91 Å². The van der Waals surface area contributed by atoms with E-state index in [-0.39, 0.29) is 5.91 Å². The Hall–Kier alpha value is -3.41. The lowest BCUT2D eigenvalue weighted by molar-refractivity contribution is 0.0950. The van der Waals surface area contributed by atoms with E-state index in [1.165, 1.54) is 6.20 Å². The average molecular weight is 349 g/mol. The summed E-state index contributed by atoms with van der Waals surface area (Å²) in [5, 5.41) is 2.88. The molecule has 0 aliphatic heterocycles. The predicted molar refractivity (Wildman–Crippen MR) is 98.2 cm³/mol. The number of nitrogens with zero attached hydrogens (tertiary/aromatic N) is 2. The van der Waals surface area contributed by atoms with Crippen molar-refractivity contribution in [3.63, 3.8) is 0 Å². The van der Waals surface area contributed by atoms with Crippen molar-refractivity contribution >= 4 is 5.91 Å². The second-order valence-corrected chi connectivity index (χ2v) is 5.57. The Kier molecular flexibility index (Phi) is 5.43. The molecule has 3 aromatic rings. The Labute approximate surface area is 151 Å². The number of carbonyl (C=O) groups excluding carboxylic acids is 1. The summed E-state index contributed by atoms with van der Waals surface area (Å²) in [4.78, 5) is 20.6. The summed E-state index contributed by atoms with van der Waals surface area (Å²) in [6.07, 6.45) is 6.62. The van der Waals surface area contributed by atoms with Crippen LogP contribution < -0.4 is 14.8 Å². The van der Waals surface area contributed by atoms with E-state index in [1.807, 2.05) is 30.3 Å². The number of carbonyl (C=O) groups is 1. The molecule has 1 aromatic carbocycles. The van der Waals surface area contributed by atoms with Crippen LogP contribution in [0.3, 0.4) is 0 Å². The first-order valence-corrected chi connectivity index (χ1v) is 8.06. The van der Waals surface area contributed by atoms with Gasteiger partial charge in [-0.25, -0.2) is 0 Å². The van der Waals surface area contributed by atoms with Crippen LogP contribution in [0, 0.1) is 0 Å². The van der Waals surface area contributed by atoms with Gasteiger partial charge in [-0.15, -0.1) is 0 Å². The van der Waals surface area contributed by atoms with Crippen LogP contribution in [0.1, 0.15) is 15.9 Å². The summed E-state index contributed by atoms with van der Waals surface area (Å²) in [6.45, 7) is 0.425. The Balaban J connectivity index is 1.83. The molecule has 2 aromatic heterocycles. The number of amides is 1. The van der Waals surface area contributed by atoms with Gasteiger partial charge in [0, 0.05) is 42.5 Å². The number of pyridine rings is 2. The smallest absolute Gasteiger partial charge is 0.253 e. The summed E-state index contributed by atoms with van der Waals surface area (Å²) in [5.41, 5.74) is 3.04. The van der Waals surface area contributed by atoms with Crippen molar-refractivity contribution in [3.05, 3.63) is 72.3 Å². The largest absolute Gasteiger partial charge is 0.497 e. The molecule has 132 valence electrons. The predicted octanol–water partition coefficient (Wildman–Crippen LogP) is 3.09. The average Bonchev–Trinajstić information content (AvgIpc) is 2.72. The minimum Gasteiger partial charge on any atom is -0.497 e. The van der Waals surface area contributed by atoms with Crippen molar-refractivity contribution in [2.24, 2.45) is 0 Å². The minimum atomic E-state index is -0.196. The molecule has 0 fully saturated rings. The fourth-order valence-corrected chi connectivity index (χ4v) is 2.54. The molecule has 2 heterocycles. The van der Waals surface area contributed by atoms with Crippen LogP contribution in [0.4, 0.5) is 0 Å². The van der Waals surface area contributed by atoms with E-state index in [1.54, 1.807) is 38.9 Å². The molecule has 0 radical (unpaired) electrons. The molecule has 6 nitrogen and oxygen atoms in total. The van der Waals surface area contributed by atoms with Gasteiger partial charge in [0.2, 0.25) is 0 Å². The van der Waals surface area contributed by atoms with Crippen molar-refractivity contribution in [1.29, 1.82) is 0 Å². The third-order valence-corrected chi connectivity index (χ3v) is 3.92. The fourth-order valence-electron chi connectivity index (χ4n) is 2.54. The molecule has 0 bridgehead atoms. The number of benzene rings is 1. The third kappa shape index (κ3) is 3.97. The SMILES string of the molecule is COc1ccc(OC)c(-c2cncc(C(=O)NCc3ccncc3)c2)c1. The lowest BCUT2D eigenvalue weighted by Crippen LogP contribution is -2.22. The minimum absolute atomic E-state index is 0.196.